The molecule has 0 bridgehead atoms. The fourth-order valence-corrected chi connectivity index (χ4v) is 2.43. The summed E-state index contributed by atoms with van der Waals surface area (Å²) in [7, 11) is 0. The van der Waals surface area contributed by atoms with Gasteiger partial charge in [0.1, 0.15) is 6.61 Å². The van der Waals surface area contributed by atoms with Crippen LogP contribution >= 0.6 is 15.9 Å². The molecule has 0 aliphatic carbocycles. The first kappa shape index (κ1) is 16.4. The van der Waals surface area contributed by atoms with Crippen LogP contribution in [0.4, 0.5) is 0 Å². The van der Waals surface area contributed by atoms with E-state index in [0.29, 0.717) is 5.56 Å². The molecule has 1 unspecified atom stereocenters. The Kier molecular flexibility index (Phi) is 7.99. The van der Waals surface area contributed by atoms with Crippen LogP contribution in [0.25, 0.3) is 0 Å². The Morgan fingerprint density at radius 1 is 1.26 bits per heavy atom. The average Bonchev–Trinajstić information content (AvgIpc) is 2.41. The van der Waals surface area contributed by atoms with Crippen LogP contribution in [0.5, 0.6) is 0 Å². The molecule has 0 heterocycles. The summed E-state index contributed by atoms with van der Waals surface area (Å²) in [5.41, 5.74) is 0.695. The van der Waals surface area contributed by atoms with Gasteiger partial charge in [-0.2, -0.15) is 0 Å². The number of benzene rings is 1. The first-order valence-electron chi connectivity index (χ1n) is 7.04. The number of halogens is 1. The molecule has 1 atom stereocenters. The van der Waals surface area contributed by atoms with Crippen molar-refractivity contribution < 1.29 is 9.53 Å². The van der Waals surface area contributed by atoms with Crippen LogP contribution in [0.3, 0.4) is 0 Å². The highest BCUT2D eigenvalue weighted by molar-refractivity contribution is 9.10. The molecule has 0 aliphatic heterocycles. The second-order valence-corrected chi connectivity index (χ2v) is 5.73. The maximum Gasteiger partial charge on any atom is 0.189 e. The predicted octanol–water partition coefficient (Wildman–Crippen LogP) is 5.01. The third kappa shape index (κ3) is 6.35. The molecule has 0 fully saturated rings. The third-order valence-electron chi connectivity index (χ3n) is 3.14. The van der Waals surface area contributed by atoms with Gasteiger partial charge in [0, 0.05) is 10.0 Å². The fraction of sp³-hybridized carbons (Fsp3) is 0.562. The van der Waals surface area contributed by atoms with Gasteiger partial charge in [0.15, 0.2) is 5.78 Å². The number of ketones is 1. The minimum atomic E-state index is 0.0351. The van der Waals surface area contributed by atoms with Crippen molar-refractivity contribution >= 4 is 21.7 Å². The predicted molar refractivity (Wildman–Crippen MR) is 82.6 cm³/mol. The van der Waals surface area contributed by atoms with Crippen LogP contribution in [0, 0.1) is 0 Å². The SMILES string of the molecule is CCCCCCC(C)OCC(=O)c1ccccc1Br. The zero-order valence-electron chi connectivity index (χ0n) is 11.8. The van der Waals surface area contributed by atoms with Gasteiger partial charge in [-0.3, -0.25) is 4.79 Å². The van der Waals surface area contributed by atoms with E-state index in [1.807, 2.05) is 31.2 Å². The number of carbonyl (C=O) groups excluding carboxylic acids is 1. The minimum Gasteiger partial charge on any atom is -0.370 e. The van der Waals surface area contributed by atoms with E-state index >= 15 is 0 Å². The molecule has 1 rings (SSSR count). The maximum absolute atomic E-state index is 12.0. The van der Waals surface area contributed by atoms with Gasteiger partial charge in [0.2, 0.25) is 0 Å². The quantitative estimate of drug-likeness (QED) is 0.471. The lowest BCUT2D eigenvalue weighted by molar-refractivity contribution is 0.0482. The summed E-state index contributed by atoms with van der Waals surface area (Å²) in [4.78, 5) is 12.0. The van der Waals surface area contributed by atoms with E-state index in [0.717, 1.165) is 10.9 Å². The Hall–Kier alpha value is -0.670. The van der Waals surface area contributed by atoms with Crippen LogP contribution in [-0.2, 0) is 4.74 Å². The van der Waals surface area contributed by atoms with Crippen LogP contribution in [0.1, 0.15) is 56.3 Å². The number of hydrogen-bond donors (Lipinski definition) is 0. The highest BCUT2D eigenvalue weighted by Crippen LogP contribution is 2.17. The summed E-state index contributed by atoms with van der Waals surface area (Å²) in [6, 6.07) is 7.47. The molecular weight excluding hydrogens is 304 g/mol. The van der Waals surface area contributed by atoms with Gasteiger partial charge in [0.25, 0.3) is 0 Å². The molecular formula is C16H23BrO2. The molecule has 0 spiro atoms. The lowest BCUT2D eigenvalue weighted by Gasteiger charge is -2.12. The van der Waals surface area contributed by atoms with Crippen molar-refractivity contribution in [2.45, 2.75) is 52.1 Å². The van der Waals surface area contributed by atoms with Gasteiger partial charge in [0.05, 0.1) is 6.10 Å². The van der Waals surface area contributed by atoms with Crippen molar-refractivity contribution in [1.82, 2.24) is 0 Å². The van der Waals surface area contributed by atoms with Gasteiger partial charge < -0.3 is 4.74 Å². The molecule has 0 saturated heterocycles. The average molecular weight is 327 g/mol. The van der Waals surface area contributed by atoms with Gasteiger partial charge in [-0.05, 0) is 19.4 Å². The number of unbranched alkanes of at least 4 members (excludes halogenated alkanes) is 3. The van der Waals surface area contributed by atoms with E-state index in [1.165, 1.54) is 25.7 Å². The molecule has 106 valence electrons. The number of rotatable bonds is 9. The molecule has 19 heavy (non-hydrogen) atoms. The number of Topliss-reactive ketones (excluding diaryl/α,β-unsaturated/α-hetero) is 1. The Labute approximate surface area is 124 Å². The summed E-state index contributed by atoms with van der Waals surface area (Å²) < 4.78 is 6.46. The van der Waals surface area contributed by atoms with Crippen molar-refractivity contribution in [2.24, 2.45) is 0 Å². The first-order chi connectivity index (χ1) is 9.15. The number of carbonyl (C=O) groups is 1. The largest absolute Gasteiger partial charge is 0.370 e. The highest BCUT2D eigenvalue weighted by Gasteiger charge is 2.11. The summed E-state index contributed by atoms with van der Waals surface area (Å²) in [6.07, 6.45) is 6.14. The van der Waals surface area contributed by atoms with Crippen molar-refractivity contribution in [2.75, 3.05) is 6.61 Å². The summed E-state index contributed by atoms with van der Waals surface area (Å²) in [5.74, 6) is 0.0351. The first-order valence-corrected chi connectivity index (χ1v) is 7.83. The van der Waals surface area contributed by atoms with Crippen molar-refractivity contribution in [3.8, 4) is 0 Å². The number of hydrogen-bond acceptors (Lipinski definition) is 2. The van der Waals surface area contributed by atoms with E-state index in [-0.39, 0.29) is 18.5 Å². The Balaban J connectivity index is 2.28. The summed E-state index contributed by atoms with van der Waals surface area (Å²) in [6.45, 7) is 4.41. The van der Waals surface area contributed by atoms with Crippen molar-refractivity contribution in [1.29, 1.82) is 0 Å². The molecule has 0 saturated carbocycles. The number of ether oxygens (including phenoxy) is 1. The van der Waals surface area contributed by atoms with Gasteiger partial charge >= 0.3 is 0 Å². The van der Waals surface area contributed by atoms with Gasteiger partial charge in [-0.1, -0.05) is 66.7 Å². The lowest BCUT2D eigenvalue weighted by Crippen LogP contribution is -2.16. The standard InChI is InChI=1S/C16H23BrO2/c1-3-4-5-6-9-13(2)19-12-16(18)14-10-7-8-11-15(14)17/h7-8,10-11,13H,3-6,9,12H2,1-2H3. The molecule has 2 nitrogen and oxygen atoms in total. The molecule has 1 aromatic carbocycles. The van der Waals surface area contributed by atoms with E-state index < -0.39 is 0 Å². The maximum atomic E-state index is 12.0. The van der Waals surface area contributed by atoms with Gasteiger partial charge in [-0.15, -0.1) is 0 Å². The summed E-state index contributed by atoms with van der Waals surface area (Å²) in [5, 5.41) is 0. The van der Waals surface area contributed by atoms with Crippen LogP contribution in [0.2, 0.25) is 0 Å². The zero-order chi connectivity index (χ0) is 14.1. The van der Waals surface area contributed by atoms with E-state index in [1.54, 1.807) is 0 Å². The van der Waals surface area contributed by atoms with E-state index in [4.69, 9.17) is 4.74 Å². The minimum absolute atomic E-state index is 0.0351. The van der Waals surface area contributed by atoms with Crippen LogP contribution in [0.15, 0.2) is 28.7 Å². The topological polar surface area (TPSA) is 26.3 Å². The smallest absolute Gasteiger partial charge is 0.189 e. The molecule has 0 aliphatic rings. The van der Waals surface area contributed by atoms with E-state index in [2.05, 4.69) is 22.9 Å². The molecule has 0 aromatic heterocycles. The Morgan fingerprint density at radius 2 is 2.00 bits per heavy atom. The third-order valence-corrected chi connectivity index (χ3v) is 3.83. The normalized spacial score (nSPS) is 12.4. The van der Waals surface area contributed by atoms with E-state index in [9.17, 15) is 4.79 Å². The second kappa shape index (κ2) is 9.27. The molecule has 3 heteroatoms. The van der Waals surface area contributed by atoms with Gasteiger partial charge in [-0.25, -0.2) is 0 Å². The highest BCUT2D eigenvalue weighted by atomic mass is 79.9. The molecule has 0 N–H and O–H groups in total. The monoisotopic (exact) mass is 326 g/mol. The van der Waals surface area contributed by atoms with Crippen molar-refractivity contribution in [3.63, 3.8) is 0 Å². The second-order valence-electron chi connectivity index (χ2n) is 4.87. The Morgan fingerprint density at radius 3 is 2.68 bits per heavy atom. The van der Waals surface area contributed by atoms with Crippen LogP contribution < -0.4 is 0 Å². The summed E-state index contributed by atoms with van der Waals surface area (Å²) >= 11 is 3.39. The Bertz CT molecular complexity index is 390. The fourth-order valence-electron chi connectivity index (χ4n) is 1.92. The molecule has 0 radical (unpaired) electrons. The molecule has 0 amide bonds. The zero-order valence-corrected chi connectivity index (χ0v) is 13.4. The van der Waals surface area contributed by atoms with Crippen molar-refractivity contribution in [3.05, 3.63) is 34.3 Å². The molecule has 1 aromatic rings. The lowest BCUT2D eigenvalue weighted by atomic mass is 10.1. The van der Waals surface area contributed by atoms with Crippen LogP contribution in [-0.4, -0.2) is 18.5 Å².